The van der Waals surface area contributed by atoms with Gasteiger partial charge in [0.25, 0.3) is 0 Å². The summed E-state index contributed by atoms with van der Waals surface area (Å²) in [6.07, 6.45) is -0.561. The molecule has 0 bridgehead atoms. The molecular formula is C6H11N3O3. The number of hydrazine groups is 1. The summed E-state index contributed by atoms with van der Waals surface area (Å²) < 4.78 is 0. The van der Waals surface area contributed by atoms with Gasteiger partial charge in [-0.3, -0.25) is 4.79 Å². The first kappa shape index (κ1) is 8.79. The summed E-state index contributed by atoms with van der Waals surface area (Å²) in [4.78, 5) is 21.2. The standard InChI is InChI=1S/C6H11N3O3/c7-9(6(11)12)3-4-1-2-8-5(4)10/h4H,1-3,7H2,(H,8,10)(H,11,12)/t4-/m0/s1. The van der Waals surface area contributed by atoms with Crippen molar-refractivity contribution in [3.63, 3.8) is 0 Å². The SMILES string of the molecule is NN(C[C@@H]1CCNC1=O)C(=O)O. The average molecular weight is 173 g/mol. The van der Waals surface area contributed by atoms with Crippen molar-refractivity contribution in [2.24, 2.45) is 11.8 Å². The number of carbonyl (C=O) groups is 2. The van der Waals surface area contributed by atoms with Crippen molar-refractivity contribution in [3.8, 4) is 0 Å². The molecule has 12 heavy (non-hydrogen) atoms. The Kier molecular flexibility index (Phi) is 2.49. The Balaban J connectivity index is 2.40. The first-order chi connectivity index (χ1) is 5.61. The minimum Gasteiger partial charge on any atom is -0.464 e. The lowest BCUT2D eigenvalue weighted by molar-refractivity contribution is -0.122. The Labute approximate surface area is 69.3 Å². The Morgan fingerprint density at radius 1 is 1.83 bits per heavy atom. The zero-order chi connectivity index (χ0) is 9.14. The lowest BCUT2D eigenvalue weighted by Gasteiger charge is -2.14. The molecule has 1 aliphatic heterocycles. The summed E-state index contributed by atoms with van der Waals surface area (Å²) >= 11 is 0. The van der Waals surface area contributed by atoms with E-state index < -0.39 is 6.09 Å². The van der Waals surface area contributed by atoms with Crippen LogP contribution in [0.5, 0.6) is 0 Å². The van der Waals surface area contributed by atoms with Gasteiger partial charge in [0.2, 0.25) is 5.91 Å². The molecule has 0 spiro atoms. The van der Waals surface area contributed by atoms with Crippen molar-refractivity contribution in [2.45, 2.75) is 6.42 Å². The van der Waals surface area contributed by atoms with Crippen LogP contribution in [0.4, 0.5) is 4.79 Å². The van der Waals surface area contributed by atoms with Gasteiger partial charge < -0.3 is 10.4 Å². The average Bonchev–Trinajstić information content (AvgIpc) is 2.36. The Morgan fingerprint density at radius 3 is 2.92 bits per heavy atom. The summed E-state index contributed by atoms with van der Waals surface area (Å²) in [5.74, 6) is 4.71. The van der Waals surface area contributed by atoms with Crippen LogP contribution in [0.15, 0.2) is 0 Å². The molecule has 1 rings (SSSR count). The third kappa shape index (κ3) is 1.85. The maximum absolute atomic E-state index is 10.9. The highest BCUT2D eigenvalue weighted by Gasteiger charge is 2.26. The molecule has 1 heterocycles. The molecule has 0 radical (unpaired) electrons. The molecule has 1 saturated heterocycles. The van der Waals surface area contributed by atoms with E-state index in [1.807, 2.05) is 0 Å². The zero-order valence-electron chi connectivity index (χ0n) is 6.49. The highest BCUT2D eigenvalue weighted by molar-refractivity contribution is 5.81. The van der Waals surface area contributed by atoms with Crippen LogP contribution < -0.4 is 11.2 Å². The molecule has 0 unspecified atom stereocenters. The van der Waals surface area contributed by atoms with Gasteiger partial charge in [-0.1, -0.05) is 0 Å². The quantitative estimate of drug-likeness (QED) is 0.283. The summed E-state index contributed by atoms with van der Waals surface area (Å²) in [7, 11) is 0. The van der Waals surface area contributed by atoms with Crippen molar-refractivity contribution < 1.29 is 14.7 Å². The molecule has 6 nitrogen and oxygen atoms in total. The molecule has 1 fully saturated rings. The Bertz CT molecular complexity index is 206. The van der Waals surface area contributed by atoms with Crippen LogP contribution in [-0.4, -0.2) is 35.2 Å². The Hall–Kier alpha value is -1.30. The van der Waals surface area contributed by atoms with Gasteiger partial charge in [0.05, 0.1) is 12.5 Å². The molecule has 0 aromatic carbocycles. The molecule has 4 N–H and O–H groups in total. The first-order valence-electron chi connectivity index (χ1n) is 3.64. The highest BCUT2D eigenvalue weighted by atomic mass is 16.4. The van der Waals surface area contributed by atoms with E-state index in [1.54, 1.807) is 0 Å². The van der Waals surface area contributed by atoms with Crippen LogP contribution in [0.2, 0.25) is 0 Å². The smallest absolute Gasteiger partial charge is 0.421 e. The fourth-order valence-electron chi connectivity index (χ4n) is 1.13. The number of hydrogen-bond donors (Lipinski definition) is 3. The van der Waals surface area contributed by atoms with E-state index in [9.17, 15) is 9.59 Å². The van der Waals surface area contributed by atoms with E-state index in [-0.39, 0.29) is 18.4 Å². The van der Waals surface area contributed by atoms with Crippen LogP contribution in [0.1, 0.15) is 6.42 Å². The predicted octanol–water partition coefficient (Wildman–Crippen LogP) is -1.02. The second kappa shape index (κ2) is 3.40. The number of carboxylic acid groups (broad SMARTS) is 1. The van der Waals surface area contributed by atoms with Gasteiger partial charge in [-0.2, -0.15) is 0 Å². The molecule has 0 aromatic heterocycles. The van der Waals surface area contributed by atoms with Gasteiger partial charge in [0.15, 0.2) is 0 Å². The predicted molar refractivity (Wildman–Crippen MR) is 40.0 cm³/mol. The summed E-state index contributed by atoms with van der Waals surface area (Å²) in [6, 6.07) is 0. The molecule has 0 saturated carbocycles. The lowest BCUT2D eigenvalue weighted by Crippen LogP contribution is -2.41. The third-order valence-corrected chi connectivity index (χ3v) is 1.83. The van der Waals surface area contributed by atoms with Crippen LogP contribution in [0.3, 0.4) is 0 Å². The fourth-order valence-corrected chi connectivity index (χ4v) is 1.13. The second-order valence-electron chi connectivity index (χ2n) is 2.71. The Morgan fingerprint density at radius 2 is 2.50 bits per heavy atom. The van der Waals surface area contributed by atoms with Crippen LogP contribution in [0.25, 0.3) is 0 Å². The van der Waals surface area contributed by atoms with E-state index in [0.717, 1.165) is 0 Å². The summed E-state index contributed by atoms with van der Waals surface area (Å²) in [5, 5.41) is 11.6. The number of nitrogens with zero attached hydrogens (tertiary/aromatic N) is 1. The number of nitrogens with one attached hydrogen (secondary N) is 1. The van der Waals surface area contributed by atoms with Crippen molar-refractivity contribution >= 4 is 12.0 Å². The maximum atomic E-state index is 10.9. The fraction of sp³-hybridized carbons (Fsp3) is 0.667. The van der Waals surface area contributed by atoms with Gasteiger partial charge in [-0.05, 0) is 6.42 Å². The van der Waals surface area contributed by atoms with Crippen molar-refractivity contribution in [1.82, 2.24) is 10.3 Å². The number of nitrogens with two attached hydrogens (primary N) is 1. The normalized spacial score (nSPS) is 22.1. The number of amides is 2. The van der Waals surface area contributed by atoms with E-state index in [0.29, 0.717) is 18.0 Å². The second-order valence-corrected chi connectivity index (χ2v) is 2.71. The van der Waals surface area contributed by atoms with Gasteiger partial charge in [-0.25, -0.2) is 15.6 Å². The molecule has 0 aromatic rings. The minimum atomic E-state index is -1.21. The first-order valence-corrected chi connectivity index (χ1v) is 3.64. The lowest BCUT2D eigenvalue weighted by atomic mass is 10.1. The maximum Gasteiger partial charge on any atom is 0.421 e. The van der Waals surface area contributed by atoms with Gasteiger partial charge in [-0.15, -0.1) is 0 Å². The highest BCUT2D eigenvalue weighted by Crippen LogP contribution is 2.09. The molecule has 2 amide bonds. The van der Waals surface area contributed by atoms with Crippen LogP contribution in [-0.2, 0) is 4.79 Å². The third-order valence-electron chi connectivity index (χ3n) is 1.83. The van der Waals surface area contributed by atoms with Crippen molar-refractivity contribution in [1.29, 1.82) is 0 Å². The number of carbonyl (C=O) groups excluding carboxylic acids is 1. The monoisotopic (exact) mass is 173 g/mol. The number of rotatable bonds is 2. The van der Waals surface area contributed by atoms with E-state index in [4.69, 9.17) is 10.9 Å². The molecule has 68 valence electrons. The van der Waals surface area contributed by atoms with E-state index in [2.05, 4.69) is 5.32 Å². The zero-order valence-corrected chi connectivity index (χ0v) is 6.49. The molecule has 0 aliphatic carbocycles. The summed E-state index contributed by atoms with van der Waals surface area (Å²) in [5.41, 5.74) is 0. The molecule has 1 aliphatic rings. The van der Waals surface area contributed by atoms with Crippen LogP contribution >= 0.6 is 0 Å². The van der Waals surface area contributed by atoms with Gasteiger partial charge in [0, 0.05) is 6.54 Å². The minimum absolute atomic E-state index is 0.0706. The van der Waals surface area contributed by atoms with Crippen molar-refractivity contribution in [3.05, 3.63) is 0 Å². The van der Waals surface area contributed by atoms with Gasteiger partial charge >= 0.3 is 6.09 Å². The largest absolute Gasteiger partial charge is 0.464 e. The topological polar surface area (TPSA) is 95.7 Å². The van der Waals surface area contributed by atoms with Crippen LogP contribution in [0, 0.1) is 5.92 Å². The summed E-state index contributed by atoms with van der Waals surface area (Å²) in [6.45, 7) is 0.679. The van der Waals surface area contributed by atoms with E-state index >= 15 is 0 Å². The molecule has 6 heteroatoms. The van der Waals surface area contributed by atoms with E-state index in [1.165, 1.54) is 0 Å². The molecule has 1 atom stereocenters. The van der Waals surface area contributed by atoms with Gasteiger partial charge in [0.1, 0.15) is 0 Å². The van der Waals surface area contributed by atoms with Crippen molar-refractivity contribution in [2.75, 3.05) is 13.1 Å². The molecular weight excluding hydrogens is 162 g/mol. The number of hydrogen-bond acceptors (Lipinski definition) is 3.